The Morgan fingerprint density at radius 2 is 2.03 bits per heavy atom. The average Bonchev–Trinajstić information content (AvgIpc) is 3.40. The van der Waals surface area contributed by atoms with E-state index < -0.39 is 15.8 Å². The van der Waals surface area contributed by atoms with Crippen LogP contribution in [0.2, 0.25) is 0 Å². The lowest BCUT2D eigenvalue weighted by Crippen LogP contribution is -2.14. The second-order valence-electron chi connectivity index (χ2n) is 7.16. The summed E-state index contributed by atoms with van der Waals surface area (Å²) < 4.78 is 49.9. The van der Waals surface area contributed by atoms with Crippen LogP contribution in [0.4, 0.5) is 4.39 Å². The Morgan fingerprint density at radius 3 is 2.69 bits per heavy atom. The number of nitrogens with zero attached hydrogens (tertiary/aromatic N) is 4. The highest BCUT2D eigenvalue weighted by Crippen LogP contribution is 2.31. The molecule has 0 amide bonds. The first-order chi connectivity index (χ1) is 15.4. The molecular formula is C22H22FN5O3S. The molecule has 1 N–H and O–H groups in total. The molecule has 0 saturated carbocycles. The number of rotatable bonds is 8. The van der Waals surface area contributed by atoms with Crippen molar-refractivity contribution >= 4 is 10.0 Å². The van der Waals surface area contributed by atoms with Gasteiger partial charge in [0.1, 0.15) is 23.1 Å². The molecule has 3 heterocycles. The minimum atomic E-state index is -3.97. The summed E-state index contributed by atoms with van der Waals surface area (Å²) in [6.07, 6.45) is 6.04. The van der Waals surface area contributed by atoms with E-state index in [1.807, 2.05) is 6.07 Å². The molecule has 3 aromatic heterocycles. The normalized spacial score (nSPS) is 11.6. The summed E-state index contributed by atoms with van der Waals surface area (Å²) in [5.74, 6) is -0.277. The zero-order chi connectivity index (χ0) is 22.7. The SMILES string of the molecule is CNCc1cc(-c2ccc(OCc3ccn(C)n3)cc2F)n(S(=O)(=O)c2cccnc2)c1. The van der Waals surface area contributed by atoms with Crippen LogP contribution in [0.5, 0.6) is 5.75 Å². The van der Waals surface area contributed by atoms with Crippen LogP contribution in [0.1, 0.15) is 11.3 Å². The van der Waals surface area contributed by atoms with Crippen molar-refractivity contribution in [2.75, 3.05) is 7.05 Å². The molecule has 0 radical (unpaired) electrons. The van der Waals surface area contributed by atoms with Crippen LogP contribution in [0.15, 0.2) is 72.1 Å². The summed E-state index contributed by atoms with van der Waals surface area (Å²) in [6.45, 7) is 0.618. The Labute approximate surface area is 185 Å². The summed E-state index contributed by atoms with van der Waals surface area (Å²) in [6, 6.07) is 10.8. The van der Waals surface area contributed by atoms with E-state index in [1.165, 1.54) is 36.8 Å². The van der Waals surface area contributed by atoms with Gasteiger partial charge in [-0.2, -0.15) is 5.10 Å². The van der Waals surface area contributed by atoms with E-state index in [2.05, 4.69) is 15.4 Å². The number of ether oxygens (including phenoxy) is 1. The van der Waals surface area contributed by atoms with Gasteiger partial charge in [0.15, 0.2) is 0 Å². The molecule has 1 aromatic carbocycles. The van der Waals surface area contributed by atoms with E-state index in [1.54, 1.807) is 43.2 Å². The second kappa shape index (κ2) is 8.93. The fraction of sp³-hybridized carbons (Fsp3) is 0.182. The third-order valence-electron chi connectivity index (χ3n) is 4.79. The number of pyridine rings is 1. The van der Waals surface area contributed by atoms with Crippen molar-refractivity contribution in [3.63, 3.8) is 0 Å². The minimum Gasteiger partial charge on any atom is -0.487 e. The first-order valence-electron chi connectivity index (χ1n) is 9.81. The van der Waals surface area contributed by atoms with Crippen LogP contribution in [-0.4, -0.2) is 34.2 Å². The Morgan fingerprint density at radius 1 is 1.19 bits per heavy atom. The number of hydrogen-bond donors (Lipinski definition) is 1. The molecule has 0 aliphatic rings. The molecule has 0 fully saturated rings. The number of aryl methyl sites for hydroxylation is 1. The van der Waals surface area contributed by atoms with Crippen LogP contribution in [-0.2, 0) is 30.2 Å². The number of benzene rings is 1. The summed E-state index contributed by atoms with van der Waals surface area (Å²) in [4.78, 5) is 3.91. The van der Waals surface area contributed by atoms with Crippen LogP contribution >= 0.6 is 0 Å². The standard InChI is InChI=1S/C22H22FN5O3S/c1-24-12-16-10-22(28(14-16)32(29,30)19-4-3-8-25-13-19)20-6-5-18(11-21(20)23)31-15-17-7-9-27(2)26-17/h3-11,13-14,24H,12,15H2,1-2H3. The molecular weight excluding hydrogens is 433 g/mol. The smallest absolute Gasteiger partial charge is 0.269 e. The van der Waals surface area contributed by atoms with Crippen LogP contribution in [0, 0.1) is 5.82 Å². The van der Waals surface area contributed by atoms with Gasteiger partial charge in [0, 0.05) is 50.0 Å². The fourth-order valence-electron chi connectivity index (χ4n) is 3.30. The molecule has 166 valence electrons. The van der Waals surface area contributed by atoms with E-state index in [0.29, 0.717) is 23.6 Å². The lowest BCUT2D eigenvalue weighted by atomic mass is 10.1. The van der Waals surface area contributed by atoms with Crippen molar-refractivity contribution in [2.24, 2.45) is 7.05 Å². The molecule has 10 heteroatoms. The molecule has 8 nitrogen and oxygen atoms in total. The summed E-state index contributed by atoms with van der Waals surface area (Å²) >= 11 is 0. The molecule has 0 spiro atoms. The second-order valence-corrected chi connectivity index (χ2v) is 8.98. The first kappa shape index (κ1) is 21.7. The predicted octanol–water partition coefficient (Wildman–Crippen LogP) is 2.96. The van der Waals surface area contributed by atoms with Crippen molar-refractivity contribution in [1.29, 1.82) is 0 Å². The van der Waals surface area contributed by atoms with Gasteiger partial charge in [0.2, 0.25) is 0 Å². The number of hydrogen-bond acceptors (Lipinski definition) is 6. The van der Waals surface area contributed by atoms with Crippen molar-refractivity contribution in [1.82, 2.24) is 24.1 Å². The molecule has 4 aromatic rings. The van der Waals surface area contributed by atoms with Gasteiger partial charge in [-0.05, 0) is 49.0 Å². The first-order valence-corrected chi connectivity index (χ1v) is 11.2. The van der Waals surface area contributed by atoms with Crippen molar-refractivity contribution in [3.8, 4) is 17.0 Å². The lowest BCUT2D eigenvalue weighted by molar-refractivity contribution is 0.298. The van der Waals surface area contributed by atoms with Gasteiger partial charge in [0.05, 0.1) is 11.4 Å². The van der Waals surface area contributed by atoms with Gasteiger partial charge in [-0.25, -0.2) is 16.8 Å². The molecule has 4 rings (SSSR count). The summed E-state index contributed by atoms with van der Waals surface area (Å²) in [7, 11) is -0.417. The maximum atomic E-state index is 15.1. The maximum absolute atomic E-state index is 15.1. The highest BCUT2D eigenvalue weighted by molar-refractivity contribution is 7.90. The molecule has 32 heavy (non-hydrogen) atoms. The zero-order valence-electron chi connectivity index (χ0n) is 17.6. The van der Waals surface area contributed by atoms with Gasteiger partial charge in [-0.15, -0.1) is 0 Å². The molecule has 0 aliphatic heterocycles. The largest absolute Gasteiger partial charge is 0.487 e. The predicted molar refractivity (Wildman–Crippen MR) is 117 cm³/mol. The van der Waals surface area contributed by atoms with E-state index in [4.69, 9.17) is 4.74 Å². The number of nitrogens with one attached hydrogen (secondary N) is 1. The van der Waals surface area contributed by atoms with Gasteiger partial charge in [0.25, 0.3) is 10.0 Å². The monoisotopic (exact) mass is 455 g/mol. The zero-order valence-corrected chi connectivity index (χ0v) is 18.4. The highest BCUT2D eigenvalue weighted by Gasteiger charge is 2.23. The van der Waals surface area contributed by atoms with Gasteiger partial charge < -0.3 is 10.1 Å². The van der Waals surface area contributed by atoms with E-state index >= 15 is 4.39 Å². The van der Waals surface area contributed by atoms with E-state index in [9.17, 15) is 8.42 Å². The van der Waals surface area contributed by atoms with Crippen molar-refractivity contribution in [2.45, 2.75) is 18.0 Å². The number of aromatic nitrogens is 4. The topological polar surface area (TPSA) is 91.0 Å². The third kappa shape index (κ3) is 4.41. The Bertz CT molecular complexity index is 1330. The van der Waals surface area contributed by atoms with Crippen LogP contribution < -0.4 is 10.1 Å². The summed E-state index contributed by atoms with van der Waals surface area (Å²) in [5.41, 5.74) is 1.77. The fourth-order valence-corrected chi connectivity index (χ4v) is 4.65. The molecule has 0 aliphatic carbocycles. The third-order valence-corrected chi connectivity index (χ3v) is 6.44. The van der Waals surface area contributed by atoms with Crippen molar-refractivity contribution < 1.29 is 17.5 Å². The summed E-state index contributed by atoms with van der Waals surface area (Å²) in [5, 5.41) is 7.20. The minimum absolute atomic E-state index is 0.0172. The number of halogens is 1. The molecule has 0 unspecified atom stereocenters. The molecule has 0 saturated heterocycles. The molecule has 0 atom stereocenters. The van der Waals surface area contributed by atoms with E-state index in [-0.39, 0.29) is 22.8 Å². The highest BCUT2D eigenvalue weighted by atomic mass is 32.2. The Balaban J connectivity index is 1.69. The maximum Gasteiger partial charge on any atom is 0.269 e. The lowest BCUT2D eigenvalue weighted by Gasteiger charge is -2.12. The van der Waals surface area contributed by atoms with Crippen molar-refractivity contribution in [3.05, 3.63) is 84.3 Å². The van der Waals surface area contributed by atoms with Gasteiger partial charge in [-0.3, -0.25) is 9.67 Å². The van der Waals surface area contributed by atoms with E-state index in [0.717, 1.165) is 3.97 Å². The van der Waals surface area contributed by atoms with Gasteiger partial charge in [-0.1, -0.05) is 0 Å². The van der Waals surface area contributed by atoms with Crippen LogP contribution in [0.25, 0.3) is 11.3 Å². The average molecular weight is 456 g/mol. The van der Waals surface area contributed by atoms with Gasteiger partial charge >= 0.3 is 0 Å². The Kier molecular flexibility index (Phi) is 6.06. The van der Waals surface area contributed by atoms with Crippen LogP contribution in [0.3, 0.4) is 0 Å². The molecule has 0 bridgehead atoms. The quantitative estimate of drug-likeness (QED) is 0.439. The Hall–Kier alpha value is -3.50.